The maximum absolute atomic E-state index is 8.48. The van der Waals surface area contributed by atoms with Gasteiger partial charge in [0, 0.05) is 12.6 Å². The molecule has 0 aliphatic carbocycles. The van der Waals surface area contributed by atoms with Crippen molar-refractivity contribution in [3.63, 3.8) is 0 Å². The van der Waals surface area contributed by atoms with Crippen LogP contribution < -0.4 is 5.73 Å². The van der Waals surface area contributed by atoms with Gasteiger partial charge in [0.2, 0.25) is 0 Å². The fourth-order valence-electron chi connectivity index (χ4n) is 0.920. The van der Waals surface area contributed by atoms with Gasteiger partial charge in [0.25, 0.3) is 0 Å². The molecule has 0 saturated carbocycles. The van der Waals surface area contributed by atoms with Crippen molar-refractivity contribution >= 4 is 0 Å². The van der Waals surface area contributed by atoms with Gasteiger partial charge < -0.3 is 10.5 Å². The minimum absolute atomic E-state index is 0.0127. The van der Waals surface area contributed by atoms with Crippen molar-refractivity contribution in [3.05, 3.63) is 0 Å². The molecule has 2 N–H and O–H groups in total. The largest absolute Gasteiger partial charge is 0.380 e. The third kappa shape index (κ3) is 1.41. The van der Waals surface area contributed by atoms with Gasteiger partial charge in [-0.1, -0.05) is 0 Å². The van der Waals surface area contributed by atoms with E-state index >= 15 is 0 Å². The van der Waals surface area contributed by atoms with Gasteiger partial charge in [0.1, 0.15) is 0 Å². The first kappa shape index (κ1) is 6.53. The van der Waals surface area contributed by atoms with Gasteiger partial charge in [-0.2, -0.15) is 5.26 Å². The van der Waals surface area contributed by atoms with E-state index in [0.29, 0.717) is 13.2 Å². The third-order valence-electron chi connectivity index (χ3n) is 1.57. The molecule has 2 atom stereocenters. The summed E-state index contributed by atoms with van der Waals surface area (Å²) in [6, 6.07) is 2.08. The highest BCUT2D eigenvalue weighted by Crippen LogP contribution is 2.11. The summed E-state index contributed by atoms with van der Waals surface area (Å²) in [6.07, 6.45) is 0.789. The highest BCUT2D eigenvalue weighted by Gasteiger charge is 2.21. The molecular formula is C6H10N2O. The Balaban J connectivity index is 2.41. The predicted octanol–water partition coefficient (Wildman–Crippen LogP) is -0.126. The van der Waals surface area contributed by atoms with Crippen LogP contribution in [0.25, 0.3) is 0 Å². The number of ether oxygens (including phenoxy) is 1. The molecule has 0 bridgehead atoms. The summed E-state index contributed by atoms with van der Waals surface area (Å²) >= 11 is 0. The highest BCUT2D eigenvalue weighted by atomic mass is 16.5. The Kier molecular flexibility index (Phi) is 2.04. The summed E-state index contributed by atoms with van der Waals surface area (Å²) in [4.78, 5) is 0. The van der Waals surface area contributed by atoms with Gasteiger partial charge in [-0.25, -0.2) is 0 Å². The first-order valence-corrected chi connectivity index (χ1v) is 3.07. The van der Waals surface area contributed by atoms with E-state index in [9.17, 15) is 0 Å². The van der Waals surface area contributed by atoms with Gasteiger partial charge >= 0.3 is 0 Å². The van der Waals surface area contributed by atoms with E-state index in [2.05, 4.69) is 6.07 Å². The van der Waals surface area contributed by atoms with Gasteiger partial charge in [-0.3, -0.25) is 0 Å². The molecule has 50 valence electrons. The molecule has 0 spiro atoms. The van der Waals surface area contributed by atoms with E-state index < -0.39 is 0 Å². The molecule has 3 nitrogen and oxygen atoms in total. The number of nitrogens with zero attached hydrogens (tertiary/aromatic N) is 1. The lowest BCUT2D eigenvalue weighted by Crippen LogP contribution is -2.38. The minimum atomic E-state index is -0.0660. The number of hydrogen-bond donors (Lipinski definition) is 1. The quantitative estimate of drug-likeness (QED) is 0.492. The van der Waals surface area contributed by atoms with Crippen LogP contribution >= 0.6 is 0 Å². The molecule has 1 rings (SSSR count). The SMILES string of the molecule is N#CC1CCOCC1N. The van der Waals surface area contributed by atoms with Gasteiger partial charge in [-0.05, 0) is 6.42 Å². The molecule has 3 heteroatoms. The molecule has 1 aliphatic heterocycles. The van der Waals surface area contributed by atoms with E-state index in [0.717, 1.165) is 6.42 Å². The van der Waals surface area contributed by atoms with Crippen LogP contribution in [0.5, 0.6) is 0 Å². The smallest absolute Gasteiger partial charge is 0.0673 e. The zero-order chi connectivity index (χ0) is 6.69. The first-order valence-electron chi connectivity index (χ1n) is 3.07. The number of nitriles is 1. The molecule has 0 aromatic rings. The summed E-state index contributed by atoms with van der Waals surface area (Å²) in [5.41, 5.74) is 5.54. The second-order valence-electron chi connectivity index (χ2n) is 2.26. The Morgan fingerprint density at radius 2 is 2.44 bits per heavy atom. The Labute approximate surface area is 54.4 Å². The zero-order valence-corrected chi connectivity index (χ0v) is 5.21. The summed E-state index contributed by atoms with van der Waals surface area (Å²) < 4.78 is 5.04. The summed E-state index contributed by atoms with van der Waals surface area (Å²) in [5.74, 6) is 0.0127. The molecule has 1 aliphatic rings. The van der Waals surface area contributed by atoms with Crippen LogP contribution in [-0.2, 0) is 4.74 Å². The van der Waals surface area contributed by atoms with Crippen molar-refractivity contribution in [1.29, 1.82) is 5.26 Å². The predicted molar refractivity (Wildman–Crippen MR) is 32.5 cm³/mol. The van der Waals surface area contributed by atoms with E-state index in [-0.39, 0.29) is 12.0 Å². The average Bonchev–Trinajstić information content (AvgIpc) is 1.89. The van der Waals surface area contributed by atoms with Gasteiger partial charge in [0.15, 0.2) is 0 Å². The van der Waals surface area contributed by atoms with Crippen LogP contribution in [-0.4, -0.2) is 19.3 Å². The standard InChI is InChI=1S/C6H10N2O/c7-3-5-1-2-9-4-6(5)8/h5-6H,1-2,4,8H2. The van der Waals surface area contributed by atoms with Crippen LogP contribution in [0.3, 0.4) is 0 Å². The molecule has 1 saturated heterocycles. The Morgan fingerprint density at radius 1 is 1.67 bits per heavy atom. The minimum Gasteiger partial charge on any atom is -0.380 e. The fourth-order valence-corrected chi connectivity index (χ4v) is 0.920. The van der Waals surface area contributed by atoms with Crippen LogP contribution in [0, 0.1) is 17.2 Å². The maximum atomic E-state index is 8.48. The van der Waals surface area contributed by atoms with Crippen molar-refractivity contribution in [2.75, 3.05) is 13.2 Å². The second-order valence-corrected chi connectivity index (χ2v) is 2.26. The number of hydrogen-bond acceptors (Lipinski definition) is 3. The zero-order valence-electron chi connectivity index (χ0n) is 5.21. The van der Waals surface area contributed by atoms with Crippen LogP contribution in [0.2, 0.25) is 0 Å². The summed E-state index contributed by atoms with van der Waals surface area (Å²) in [6.45, 7) is 1.23. The van der Waals surface area contributed by atoms with Crippen LogP contribution in [0.1, 0.15) is 6.42 Å². The van der Waals surface area contributed by atoms with Crippen molar-refractivity contribution in [1.82, 2.24) is 0 Å². The Bertz CT molecular complexity index is 130. The van der Waals surface area contributed by atoms with Crippen molar-refractivity contribution in [2.45, 2.75) is 12.5 Å². The fraction of sp³-hybridized carbons (Fsp3) is 0.833. The Hall–Kier alpha value is -0.590. The molecule has 0 aromatic carbocycles. The molecule has 1 fully saturated rings. The van der Waals surface area contributed by atoms with Gasteiger partial charge in [-0.15, -0.1) is 0 Å². The number of rotatable bonds is 0. The molecular weight excluding hydrogens is 116 g/mol. The van der Waals surface area contributed by atoms with Crippen LogP contribution in [0.15, 0.2) is 0 Å². The summed E-state index contributed by atoms with van der Waals surface area (Å²) in [7, 11) is 0. The normalized spacial score (nSPS) is 35.6. The lowest BCUT2D eigenvalue weighted by molar-refractivity contribution is 0.0640. The molecule has 0 radical (unpaired) electrons. The lowest BCUT2D eigenvalue weighted by atomic mass is 9.98. The van der Waals surface area contributed by atoms with Crippen molar-refractivity contribution in [2.24, 2.45) is 11.7 Å². The third-order valence-corrected chi connectivity index (χ3v) is 1.57. The van der Waals surface area contributed by atoms with E-state index in [1.807, 2.05) is 0 Å². The monoisotopic (exact) mass is 126 g/mol. The van der Waals surface area contributed by atoms with Crippen molar-refractivity contribution < 1.29 is 4.74 Å². The molecule has 0 aromatic heterocycles. The van der Waals surface area contributed by atoms with E-state index in [1.165, 1.54) is 0 Å². The van der Waals surface area contributed by atoms with E-state index in [4.69, 9.17) is 15.7 Å². The average molecular weight is 126 g/mol. The summed E-state index contributed by atoms with van der Waals surface area (Å²) in [5, 5.41) is 8.48. The highest BCUT2D eigenvalue weighted by molar-refractivity contribution is 4.92. The second kappa shape index (κ2) is 2.81. The topological polar surface area (TPSA) is 59.0 Å². The molecule has 1 heterocycles. The molecule has 2 unspecified atom stereocenters. The first-order chi connectivity index (χ1) is 4.34. The van der Waals surface area contributed by atoms with E-state index in [1.54, 1.807) is 0 Å². The van der Waals surface area contributed by atoms with Gasteiger partial charge in [0.05, 0.1) is 18.6 Å². The number of nitrogens with two attached hydrogens (primary N) is 1. The van der Waals surface area contributed by atoms with Crippen LogP contribution in [0.4, 0.5) is 0 Å². The Morgan fingerprint density at radius 3 is 2.89 bits per heavy atom. The molecule has 9 heavy (non-hydrogen) atoms. The lowest BCUT2D eigenvalue weighted by Gasteiger charge is -2.22. The molecule has 0 amide bonds. The maximum Gasteiger partial charge on any atom is 0.0673 e. The van der Waals surface area contributed by atoms with Crippen molar-refractivity contribution in [3.8, 4) is 6.07 Å².